The minimum Gasteiger partial charge on any atom is -0.394 e. The molecular weight excluding hydrogens is 188 g/mol. The van der Waals surface area contributed by atoms with E-state index in [1.54, 1.807) is 24.3 Å². The van der Waals surface area contributed by atoms with Crippen LogP contribution < -0.4 is 0 Å². The fraction of sp³-hybridized carbons (Fsp3) is 0.167. The zero-order valence-corrected chi connectivity index (χ0v) is 8.10. The van der Waals surface area contributed by atoms with Crippen molar-refractivity contribution in [1.82, 2.24) is 0 Å². The summed E-state index contributed by atoms with van der Waals surface area (Å²) < 4.78 is 0. The summed E-state index contributed by atoms with van der Waals surface area (Å²) in [5.74, 6) is 2.42. The lowest BCUT2D eigenvalue weighted by Gasteiger charge is -1.95. The van der Waals surface area contributed by atoms with Gasteiger partial charge in [-0.2, -0.15) is 5.26 Å². The van der Waals surface area contributed by atoms with Gasteiger partial charge in [-0.25, -0.2) is 0 Å². The molecule has 0 aliphatic carbocycles. The summed E-state index contributed by atoms with van der Waals surface area (Å²) in [4.78, 5) is 4.84. The first-order chi connectivity index (χ1) is 7.38. The lowest BCUT2D eigenvalue weighted by Crippen LogP contribution is -1.90. The topological polar surface area (TPSA) is 45.4 Å². The molecule has 0 bridgehead atoms. The van der Waals surface area contributed by atoms with E-state index in [0.717, 1.165) is 0 Å². The van der Waals surface area contributed by atoms with Crippen molar-refractivity contribution in [3.05, 3.63) is 35.4 Å². The standard InChI is InChI=1S/C12H9N2O/c1-2-3-8-15-14-10-12-7-5-4-6-11(12)9-13/h1,4-7H,3,8H2. The minimum atomic E-state index is 0.359. The van der Waals surface area contributed by atoms with Crippen molar-refractivity contribution < 1.29 is 4.84 Å². The first-order valence-corrected chi connectivity index (χ1v) is 4.39. The summed E-state index contributed by atoms with van der Waals surface area (Å²) in [6.45, 7) is 0.359. The molecular formula is C12H9N2O. The average Bonchev–Trinajstić information content (AvgIpc) is 2.29. The molecule has 0 spiro atoms. The van der Waals surface area contributed by atoms with E-state index in [1.807, 2.05) is 6.07 Å². The van der Waals surface area contributed by atoms with Crippen molar-refractivity contribution in [2.45, 2.75) is 6.42 Å². The highest BCUT2D eigenvalue weighted by molar-refractivity contribution is 5.82. The third-order valence-electron chi connectivity index (χ3n) is 1.62. The third-order valence-corrected chi connectivity index (χ3v) is 1.62. The maximum atomic E-state index is 8.76. The molecule has 0 unspecified atom stereocenters. The van der Waals surface area contributed by atoms with Crippen molar-refractivity contribution in [1.29, 1.82) is 5.26 Å². The largest absolute Gasteiger partial charge is 0.394 e. The summed E-state index contributed by atoms with van der Waals surface area (Å²) >= 11 is 0. The van der Waals surface area contributed by atoms with Gasteiger partial charge in [0.1, 0.15) is 12.8 Å². The molecule has 0 saturated heterocycles. The molecule has 1 aromatic carbocycles. The molecule has 0 saturated carbocycles. The first-order valence-electron chi connectivity index (χ1n) is 4.39. The van der Waals surface area contributed by atoms with Crippen LogP contribution in [-0.4, -0.2) is 12.8 Å². The lowest BCUT2D eigenvalue weighted by atomic mass is 10.1. The Morgan fingerprint density at radius 2 is 2.07 bits per heavy atom. The highest BCUT2D eigenvalue weighted by Gasteiger charge is 1.97. The van der Waals surface area contributed by atoms with Crippen LogP contribution in [0.3, 0.4) is 0 Å². The van der Waals surface area contributed by atoms with Gasteiger partial charge in [-0.15, -0.1) is 12.3 Å². The van der Waals surface area contributed by atoms with Gasteiger partial charge in [-0.3, -0.25) is 0 Å². The van der Waals surface area contributed by atoms with Crippen LogP contribution in [-0.2, 0) is 4.84 Å². The SMILES string of the molecule is C#CCCON=[C]c1ccccc1C#N. The molecule has 0 aliphatic rings. The van der Waals surface area contributed by atoms with Crippen LogP contribution in [0.1, 0.15) is 17.5 Å². The van der Waals surface area contributed by atoms with Crippen molar-refractivity contribution in [3.8, 4) is 18.4 Å². The molecule has 0 N–H and O–H groups in total. The van der Waals surface area contributed by atoms with Crippen LogP contribution in [0.4, 0.5) is 0 Å². The van der Waals surface area contributed by atoms with Gasteiger partial charge in [0.2, 0.25) is 0 Å². The van der Waals surface area contributed by atoms with E-state index in [-0.39, 0.29) is 0 Å². The summed E-state index contributed by atoms with van der Waals surface area (Å²) in [5.41, 5.74) is 1.13. The fourth-order valence-corrected chi connectivity index (χ4v) is 0.910. The molecule has 1 radical (unpaired) electrons. The van der Waals surface area contributed by atoms with E-state index in [1.165, 1.54) is 0 Å². The normalized spacial score (nSPS) is 9.47. The predicted octanol–water partition coefficient (Wildman–Crippen LogP) is 1.81. The Hall–Kier alpha value is -2.26. The van der Waals surface area contributed by atoms with E-state index < -0.39 is 0 Å². The Balaban J connectivity index is 2.57. The maximum Gasteiger partial charge on any atom is 0.141 e. The van der Waals surface area contributed by atoms with Crippen LogP contribution in [0, 0.1) is 23.7 Å². The van der Waals surface area contributed by atoms with E-state index in [2.05, 4.69) is 17.3 Å². The van der Waals surface area contributed by atoms with Gasteiger partial charge in [0.25, 0.3) is 0 Å². The van der Waals surface area contributed by atoms with Gasteiger partial charge < -0.3 is 4.84 Å². The highest BCUT2D eigenvalue weighted by atomic mass is 16.6. The van der Waals surface area contributed by atoms with Gasteiger partial charge in [0.05, 0.1) is 11.6 Å². The molecule has 1 rings (SSSR count). The van der Waals surface area contributed by atoms with Crippen LogP contribution in [0.5, 0.6) is 0 Å². The number of benzene rings is 1. The summed E-state index contributed by atoms with van der Waals surface area (Å²) in [7, 11) is 0. The Morgan fingerprint density at radius 1 is 1.33 bits per heavy atom. The lowest BCUT2D eigenvalue weighted by molar-refractivity contribution is 0.152. The molecule has 0 aliphatic heterocycles. The highest BCUT2D eigenvalue weighted by Crippen LogP contribution is 2.03. The molecule has 0 atom stereocenters. The zero-order valence-electron chi connectivity index (χ0n) is 8.10. The summed E-state index contributed by atoms with van der Waals surface area (Å²) in [6.07, 6.45) is 8.17. The zero-order chi connectivity index (χ0) is 10.9. The van der Waals surface area contributed by atoms with Crippen LogP contribution in [0.25, 0.3) is 0 Å². The fourth-order valence-electron chi connectivity index (χ4n) is 0.910. The number of hydrogen-bond donors (Lipinski definition) is 0. The Kier molecular flexibility index (Phi) is 4.50. The molecule has 1 aromatic rings. The average molecular weight is 197 g/mol. The van der Waals surface area contributed by atoms with Gasteiger partial charge in [0, 0.05) is 12.0 Å². The van der Waals surface area contributed by atoms with E-state index in [0.29, 0.717) is 24.2 Å². The molecule has 15 heavy (non-hydrogen) atoms. The van der Waals surface area contributed by atoms with Crippen molar-refractivity contribution in [2.24, 2.45) is 5.16 Å². The maximum absolute atomic E-state index is 8.76. The first kappa shape index (κ1) is 10.8. The molecule has 3 nitrogen and oxygen atoms in total. The minimum absolute atomic E-state index is 0.359. The second kappa shape index (κ2) is 6.23. The molecule has 73 valence electrons. The third kappa shape index (κ3) is 3.54. The van der Waals surface area contributed by atoms with Gasteiger partial charge in [-0.05, 0) is 6.07 Å². The van der Waals surface area contributed by atoms with Crippen molar-refractivity contribution in [2.75, 3.05) is 6.61 Å². The monoisotopic (exact) mass is 197 g/mol. The number of nitrogens with zero attached hydrogens (tertiary/aromatic N) is 2. The number of rotatable bonds is 4. The predicted molar refractivity (Wildman–Crippen MR) is 57.1 cm³/mol. The number of nitriles is 1. The molecule has 0 amide bonds. The molecule has 3 heteroatoms. The quantitative estimate of drug-likeness (QED) is 0.320. The number of hydrogen-bond acceptors (Lipinski definition) is 3. The van der Waals surface area contributed by atoms with E-state index in [4.69, 9.17) is 16.5 Å². The van der Waals surface area contributed by atoms with Gasteiger partial charge in [-0.1, -0.05) is 23.4 Å². The van der Waals surface area contributed by atoms with Crippen molar-refractivity contribution in [3.63, 3.8) is 0 Å². The number of terminal acetylenes is 1. The van der Waals surface area contributed by atoms with Gasteiger partial charge >= 0.3 is 0 Å². The molecule has 0 aromatic heterocycles. The van der Waals surface area contributed by atoms with E-state index in [9.17, 15) is 0 Å². The van der Waals surface area contributed by atoms with Crippen LogP contribution in [0.2, 0.25) is 0 Å². The van der Waals surface area contributed by atoms with Crippen molar-refractivity contribution >= 4 is 6.21 Å². The molecule has 0 fully saturated rings. The Bertz CT molecular complexity index is 424. The Morgan fingerprint density at radius 3 is 2.73 bits per heavy atom. The van der Waals surface area contributed by atoms with Gasteiger partial charge in [0.15, 0.2) is 0 Å². The second-order valence-corrected chi connectivity index (χ2v) is 2.65. The summed E-state index contributed by atoms with van der Waals surface area (Å²) in [5, 5.41) is 12.4. The van der Waals surface area contributed by atoms with Crippen LogP contribution in [0.15, 0.2) is 29.4 Å². The second-order valence-electron chi connectivity index (χ2n) is 2.65. The Labute approximate surface area is 89.0 Å². The van der Waals surface area contributed by atoms with Crippen LogP contribution >= 0.6 is 0 Å². The molecule has 0 heterocycles. The van der Waals surface area contributed by atoms with E-state index >= 15 is 0 Å². The smallest absolute Gasteiger partial charge is 0.141 e. The summed E-state index contributed by atoms with van der Waals surface area (Å²) in [6, 6.07) is 9.06.